The van der Waals surface area contributed by atoms with Crippen molar-refractivity contribution in [1.29, 1.82) is 0 Å². The molecule has 3 aliphatic rings. The van der Waals surface area contributed by atoms with Gasteiger partial charge in [0, 0.05) is 94.9 Å². The first-order valence-electron chi connectivity index (χ1n) is 24.6. The van der Waals surface area contributed by atoms with Crippen molar-refractivity contribution in [3.05, 3.63) is 31.5 Å². The normalized spacial score (nSPS) is 24.1. The molecule has 3 saturated heterocycles. The summed E-state index contributed by atoms with van der Waals surface area (Å²) in [6.45, 7) is 22.8. The summed E-state index contributed by atoms with van der Waals surface area (Å²) in [4.78, 5) is 85.0. The van der Waals surface area contributed by atoms with E-state index in [0.717, 1.165) is 90.3 Å². The van der Waals surface area contributed by atoms with Crippen LogP contribution in [0.1, 0.15) is 165 Å². The van der Waals surface area contributed by atoms with E-state index in [4.69, 9.17) is 14.2 Å². The van der Waals surface area contributed by atoms with Crippen LogP contribution in [0.3, 0.4) is 0 Å². The second-order valence-corrected chi connectivity index (χ2v) is 19.0. The number of ether oxygens (including phenoxy) is 3. The fraction of sp³-hybridized carbons (Fsp3) is 0.872. The van der Waals surface area contributed by atoms with Gasteiger partial charge in [-0.15, -0.1) is 0 Å². The number of unbranched alkanes of at least 4 members (excludes halogenated alkanes) is 11. The fourth-order valence-corrected chi connectivity index (χ4v) is 8.66. The van der Waals surface area contributed by atoms with Gasteiger partial charge in [0.15, 0.2) is 0 Å². The molecule has 3 fully saturated rings. The highest BCUT2D eigenvalue weighted by atomic mass is 16.6. The molecule has 1 amide bonds. The number of amides is 1. The first kappa shape index (κ1) is 52.1. The number of carbonyl (C=O) groups is 3. The minimum atomic E-state index is -0.576. The van der Waals surface area contributed by atoms with E-state index in [-0.39, 0.29) is 68.0 Å². The third-order valence-electron chi connectivity index (χ3n) is 13.7. The van der Waals surface area contributed by atoms with Crippen molar-refractivity contribution in [3.8, 4) is 0 Å². The second kappa shape index (κ2) is 25.8. The molecule has 0 aromatic carbocycles. The Balaban J connectivity index is 1.21. The highest BCUT2D eigenvalue weighted by molar-refractivity contribution is 5.70. The Morgan fingerprint density at radius 3 is 1.10 bits per heavy atom. The highest BCUT2D eigenvalue weighted by Crippen LogP contribution is 2.25. The van der Waals surface area contributed by atoms with Gasteiger partial charge in [0.05, 0.1) is 0 Å². The van der Waals surface area contributed by atoms with Gasteiger partial charge in [-0.1, -0.05) is 51.4 Å². The Morgan fingerprint density at radius 2 is 0.762 bits per heavy atom. The molecule has 12 atom stereocenters. The third kappa shape index (κ3) is 17.1. The van der Waals surface area contributed by atoms with Gasteiger partial charge in [0.1, 0.15) is 18.3 Å². The summed E-state index contributed by atoms with van der Waals surface area (Å²) in [6.07, 6.45) is 10.2. The Hall–Kier alpha value is -3.50. The van der Waals surface area contributed by atoms with Crippen LogP contribution < -0.4 is 22.4 Å². The minimum absolute atomic E-state index is 0.149. The summed E-state index contributed by atoms with van der Waals surface area (Å²) < 4.78 is 20.5. The van der Waals surface area contributed by atoms with Gasteiger partial charge in [-0.05, 0) is 101 Å². The first-order chi connectivity index (χ1) is 30.0. The van der Waals surface area contributed by atoms with Crippen LogP contribution in [0.15, 0.2) is 14.4 Å². The van der Waals surface area contributed by atoms with Crippen molar-refractivity contribution in [3.63, 3.8) is 0 Å². The molecule has 0 bridgehead atoms. The number of carbonyl (C=O) groups excluding carboxylic acids is 3. The average molecular weight is 890 g/mol. The number of hydrogen-bond acceptors (Lipinski definition) is 12. The zero-order valence-electron chi connectivity index (χ0n) is 40.3. The lowest BCUT2D eigenvalue weighted by Gasteiger charge is -2.22. The summed E-state index contributed by atoms with van der Waals surface area (Å²) in [6, 6.07) is 2.22. The molecule has 12 unspecified atom stereocenters. The Morgan fingerprint density at radius 1 is 0.476 bits per heavy atom. The molecule has 0 radical (unpaired) electrons. The Bertz CT molecular complexity index is 1550. The maximum absolute atomic E-state index is 13.7. The van der Waals surface area contributed by atoms with E-state index >= 15 is 0 Å². The smallest absolute Gasteiger partial charge is 0.407 e. The Kier molecular flexibility index (Phi) is 21.4. The lowest BCUT2D eigenvalue weighted by Crippen LogP contribution is -2.54. The standard InChI is InChI=1S/C47H83N7O9/c1-33-30-52(33)36(4)39(7)61-42(55)24-18-12-10-15-21-27-49-45(58)50(28-22-16-11-13-19-25-43(56)62-40(8)37(5)53-31-34(53)2)47(60)51(46(49)59)29-23-17-14-20-26-48-44(57)63-41(9)38(6)54-32-35(54)3/h33-41H,10-32H2,1-9H3,(H,48,57). The van der Waals surface area contributed by atoms with Crippen LogP contribution in [0.4, 0.5) is 4.79 Å². The largest absolute Gasteiger partial charge is 0.461 e. The Labute approximate surface area is 376 Å². The third-order valence-corrected chi connectivity index (χ3v) is 13.7. The number of rotatable bonds is 32. The van der Waals surface area contributed by atoms with Crippen LogP contribution in [0.5, 0.6) is 0 Å². The van der Waals surface area contributed by atoms with E-state index in [1.807, 2.05) is 20.8 Å². The van der Waals surface area contributed by atoms with Gasteiger partial charge in [0.2, 0.25) is 0 Å². The monoisotopic (exact) mass is 890 g/mol. The van der Waals surface area contributed by atoms with E-state index in [1.54, 1.807) is 0 Å². The van der Waals surface area contributed by atoms with Crippen LogP contribution in [-0.4, -0.2) is 127 Å². The van der Waals surface area contributed by atoms with E-state index in [1.165, 1.54) is 13.7 Å². The van der Waals surface area contributed by atoms with Crippen LogP contribution in [-0.2, 0) is 43.4 Å². The molecule has 1 N–H and O–H groups in total. The topological polar surface area (TPSA) is 166 Å². The van der Waals surface area contributed by atoms with Crippen molar-refractivity contribution in [2.45, 2.75) is 239 Å². The molecule has 4 heterocycles. The predicted octanol–water partition coefficient (Wildman–Crippen LogP) is 5.67. The summed E-state index contributed by atoms with van der Waals surface area (Å²) in [5.41, 5.74) is -1.72. The van der Waals surface area contributed by atoms with Gasteiger partial charge < -0.3 is 19.5 Å². The lowest BCUT2D eigenvalue weighted by atomic mass is 10.1. The zero-order chi connectivity index (χ0) is 46.2. The van der Waals surface area contributed by atoms with Gasteiger partial charge in [-0.3, -0.25) is 24.3 Å². The number of alkyl carbamates (subject to hydrolysis) is 1. The predicted molar refractivity (Wildman–Crippen MR) is 245 cm³/mol. The molecule has 1 aromatic heterocycles. The molecular weight excluding hydrogens is 807 g/mol. The fourth-order valence-electron chi connectivity index (χ4n) is 8.66. The molecule has 0 aliphatic carbocycles. The molecule has 1 aromatic rings. The van der Waals surface area contributed by atoms with Gasteiger partial charge in [0.25, 0.3) is 0 Å². The molecule has 4 rings (SSSR count). The molecule has 3 aliphatic heterocycles. The summed E-state index contributed by atoms with van der Waals surface area (Å²) in [7, 11) is 0. The zero-order valence-corrected chi connectivity index (χ0v) is 40.3. The van der Waals surface area contributed by atoms with Crippen molar-refractivity contribution >= 4 is 18.0 Å². The first-order valence-corrected chi connectivity index (χ1v) is 24.6. The molecular formula is C47H83N7O9. The van der Waals surface area contributed by atoms with Crippen molar-refractivity contribution < 1.29 is 28.6 Å². The van der Waals surface area contributed by atoms with Crippen molar-refractivity contribution in [2.24, 2.45) is 0 Å². The number of nitrogens with one attached hydrogen (secondary N) is 1. The SMILES string of the molecule is CC(OC(=O)CCCCCCCn1c(=O)n(CCCCCCCC(=O)OC(C)C(C)N2CC2C)c(=O)n(CCCCCCNC(=O)OC(C)C(C)N2CC2C)c1=O)C(C)N1CC1C. The molecule has 360 valence electrons. The van der Waals surface area contributed by atoms with E-state index in [2.05, 4.69) is 61.6 Å². The van der Waals surface area contributed by atoms with Crippen LogP contribution in [0, 0.1) is 0 Å². The molecule has 16 heteroatoms. The molecule has 0 saturated carbocycles. The quantitative estimate of drug-likeness (QED) is 0.0409. The van der Waals surface area contributed by atoms with E-state index in [0.29, 0.717) is 56.8 Å². The van der Waals surface area contributed by atoms with Gasteiger partial charge in [-0.25, -0.2) is 32.9 Å². The lowest BCUT2D eigenvalue weighted by molar-refractivity contribution is -0.151. The van der Waals surface area contributed by atoms with Crippen LogP contribution in [0.25, 0.3) is 0 Å². The summed E-state index contributed by atoms with van der Waals surface area (Å²) in [5.74, 6) is -0.355. The maximum atomic E-state index is 13.7. The highest BCUT2D eigenvalue weighted by Gasteiger charge is 2.39. The van der Waals surface area contributed by atoms with Gasteiger partial charge >= 0.3 is 35.1 Å². The van der Waals surface area contributed by atoms with Crippen molar-refractivity contribution in [1.82, 2.24) is 33.7 Å². The van der Waals surface area contributed by atoms with E-state index < -0.39 is 23.2 Å². The molecule has 0 spiro atoms. The van der Waals surface area contributed by atoms with Crippen LogP contribution >= 0.6 is 0 Å². The molecule has 16 nitrogen and oxygen atoms in total. The number of aromatic nitrogens is 3. The van der Waals surface area contributed by atoms with E-state index in [9.17, 15) is 28.8 Å². The summed E-state index contributed by atoms with van der Waals surface area (Å²) in [5, 5.41) is 2.83. The number of esters is 2. The number of nitrogens with zero attached hydrogens (tertiary/aromatic N) is 6. The van der Waals surface area contributed by atoms with Crippen molar-refractivity contribution in [2.75, 3.05) is 26.2 Å². The van der Waals surface area contributed by atoms with Crippen LogP contribution in [0.2, 0.25) is 0 Å². The number of hydrogen-bond donors (Lipinski definition) is 1. The van der Waals surface area contributed by atoms with Gasteiger partial charge in [-0.2, -0.15) is 0 Å². The summed E-state index contributed by atoms with van der Waals surface area (Å²) >= 11 is 0. The average Bonchev–Trinajstić information content (AvgIpc) is 4.20. The second-order valence-electron chi connectivity index (χ2n) is 19.0. The minimum Gasteiger partial charge on any atom is -0.461 e. The maximum Gasteiger partial charge on any atom is 0.407 e. The molecule has 63 heavy (non-hydrogen) atoms.